The van der Waals surface area contributed by atoms with Crippen LogP contribution in [0.1, 0.15) is 76.7 Å². The van der Waals surface area contributed by atoms with Crippen molar-refractivity contribution in [1.29, 1.82) is 0 Å². The van der Waals surface area contributed by atoms with Crippen molar-refractivity contribution in [2.75, 3.05) is 38.5 Å². The Morgan fingerprint density at radius 2 is 1.97 bits per heavy atom. The summed E-state index contributed by atoms with van der Waals surface area (Å²) in [5, 5.41) is 5.39. The fourth-order valence-corrected chi connectivity index (χ4v) is 5.16. The zero-order valence-electron chi connectivity index (χ0n) is 22.2. The van der Waals surface area contributed by atoms with E-state index in [1.807, 2.05) is 12.1 Å². The predicted molar refractivity (Wildman–Crippen MR) is 144 cm³/mol. The van der Waals surface area contributed by atoms with Gasteiger partial charge in [0.25, 0.3) is 0 Å². The molecular weight excluding hydrogens is 455 g/mol. The predicted octanol–water partition coefficient (Wildman–Crippen LogP) is 5.19. The topological polar surface area (TPSA) is 64.7 Å². The lowest BCUT2D eigenvalue weighted by Crippen LogP contribution is -2.47. The van der Waals surface area contributed by atoms with Crippen LogP contribution < -0.4 is 10.6 Å². The summed E-state index contributed by atoms with van der Waals surface area (Å²) >= 11 is 0. The minimum atomic E-state index is -0.511. The van der Waals surface area contributed by atoms with Crippen LogP contribution in [0.5, 0.6) is 0 Å². The van der Waals surface area contributed by atoms with E-state index in [0.717, 1.165) is 63.0 Å². The van der Waals surface area contributed by atoms with E-state index in [9.17, 15) is 9.59 Å². The number of imide groups is 1. The fourth-order valence-electron chi connectivity index (χ4n) is 5.16. The van der Waals surface area contributed by atoms with Crippen molar-refractivity contribution in [3.05, 3.63) is 53.5 Å². The maximum atomic E-state index is 15.0. The summed E-state index contributed by atoms with van der Waals surface area (Å²) in [7, 11) is 2.17. The molecule has 0 spiro atoms. The number of carbonyl (C=O) groups is 2. The van der Waals surface area contributed by atoms with Gasteiger partial charge in [-0.3, -0.25) is 19.8 Å². The van der Waals surface area contributed by atoms with E-state index in [1.54, 1.807) is 0 Å². The molecule has 7 heteroatoms. The molecule has 3 rings (SSSR count). The number of hydrogen-bond donors (Lipinski definition) is 2. The highest BCUT2D eigenvalue weighted by Crippen LogP contribution is 2.32. The van der Waals surface area contributed by atoms with E-state index in [1.165, 1.54) is 24.6 Å². The quantitative estimate of drug-likeness (QED) is 0.307. The number of allylic oxidation sites excluding steroid dienone is 1. The molecule has 0 radical (unpaired) electrons. The third-order valence-electron chi connectivity index (χ3n) is 7.24. The van der Waals surface area contributed by atoms with Crippen LogP contribution in [0.25, 0.3) is 0 Å². The van der Waals surface area contributed by atoms with Crippen molar-refractivity contribution < 1.29 is 14.0 Å². The highest BCUT2D eigenvalue weighted by Gasteiger charge is 2.27. The number of unbranched alkanes of at least 4 members (excludes halogenated alkanes) is 1. The lowest BCUT2D eigenvalue weighted by molar-refractivity contribution is -0.133. The highest BCUT2D eigenvalue weighted by atomic mass is 19.1. The summed E-state index contributed by atoms with van der Waals surface area (Å²) in [5.41, 5.74) is 3.81. The Balaban J connectivity index is 1.52. The molecule has 6 nitrogen and oxygen atoms in total. The molecule has 2 aliphatic rings. The van der Waals surface area contributed by atoms with Gasteiger partial charge in [0.1, 0.15) is 11.9 Å². The Labute approximate surface area is 216 Å². The van der Waals surface area contributed by atoms with E-state index in [4.69, 9.17) is 0 Å². The molecule has 2 aliphatic heterocycles. The third kappa shape index (κ3) is 7.92. The molecule has 2 amide bonds. The number of hydrogen-bond acceptors (Lipinski definition) is 5. The molecule has 0 aliphatic carbocycles. The Bertz CT molecular complexity index is 953. The number of likely N-dealkylation sites (tertiary alicyclic amines) is 1. The van der Waals surface area contributed by atoms with Gasteiger partial charge in [0.2, 0.25) is 11.8 Å². The number of piperidine rings is 2. The molecule has 36 heavy (non-hydrogen) atoms. The summed E-state index contributed by atoms with van der Waals surface area (Å²) < 4.78 is 15.0. The molecule has 0 aromatic heterocycles. The lowest BCUT2D eigenvalue weighted by atomic mass is 9.88. The number of nitrogens with zero attached hydrogens (tertiary/aromatic N) is 2. The van der Waals surface area contributed by atoms with Crippen LogP contribution in [0.2, 0.25) is 0 Å². The number of rotatable bonds is 12. The lowest BCUT2D eigenvalue weighted by Gasteiger charge is -2.33. The third-order valence-corrected chi connectivity index (χ3v) is 7.24. The second kappa shape index (κ2) is 13.6. The van der Waals surface area contributed by atoms with Crippen molar-refractivity contribution in [2.45, 2.75) is 77.2 Å². The van der Waals surface area contributed by atoms with Gasteiger partial charge < -0.3 is 10.2 Å². The first-order valence-electron chi connectivity index (χ1n) is 13.5. The summed E-state index contributed by atoms with van der Waals surface area (Å²) in [4.78, 5) is 28.1. The number of anilines is 1. The van der Waals surface area contributed by atoms with Crippen LogP contribution in [0.15, 0.2) is 42.1 Å². The molecule has 1 aromatic carbocycles. The largest absolute Gasteiger partial charge is 0.378 e. The van der Waals surface area contributed by atoms with Crippen molar-refractivity contribution in [3.63, 3.8) is 0 Å². The molecule has 2 saturated heterocycles. The van der Waals surface area contributed by atoms with E-state index in [-0.39, 0.29) is 23.5 Å². The average Bonchev–Trinajstić information content (AvgIpc) is 2.84. The number of benzene rings is 1. The van der Waals surface area contributed by atoms with Crippen molar-refractivity contribution in [3.8, 4) is 0 Å². The van der Waals surface area contributed by atoms with Crippen molar-refractivity contribution in [1.82, 2.24) is 15.1 Å². The van der Waals surface area contributed by atoms with Crippen LogP contribution in [0, 0.1) is 5.82 Å². The SMILES string of the molecule is C=C(/C=C(/CCCC)N(C)CCC)CN1CCC(c2ccc(NC3CCC(=O)NC3=O)cc2F)CC1. The molecule has 1 aromatic rings. The van der Waals surface area contributed by atoms with E-state index >= 15 is 4.39 Å². The van der Waals surface area contributed by atoms with Gasteiger partial charge in [-0.2, -0.15) is 0 Å². The van der Waals surface area contributed by atoms with Gasteiger partial charge in [0, 0.05) is 37.9 Å². The Hall–Kier alpha value is -2.67. The molecule has 0 bridgehead atoms. The molecule has 1 atom stereocenters. The zero-order chi connectivity index (χ0) is 26.1. The van der Waals surface area contributed by atoms with Gasteiger partial charge in [0.05, 0.1) is 0 Å². The molecule has 2 fully saturated rings. The first-order valence-corrected chi connectivity index (χ1v) is 13.5. The van der Waals surface area contributed by atoms with Gasteiger partial charge in [-0.05, 0) is 86.9 Å². The van der Waals surface area contributed by atoms with Crippen LogP contribution in [-0.2, 0) is 9.59 Å². The average molecular weight is 499 g/mol. The smallest absolute Gasteiger partial charge is 0.249 e. The second-order valence-corrected chi connectivity index (χ2v) is 10.3. The minimum Gasteiger partial charge on any atom is -0.378 e. The van der Waals surface area contributed by atoms with Gasteiger partial charge in [-0.15, -0.1) is 0 Å². The van der Waals surface area contributed by atoms with Gasteiger partial charge in [-0.25, -0.2) is 4.39 Å². The monoisotopic (exact) mass is 498 g/mol. The standard InChI is InChI=1S/C29H43FN4O2/c1-5-7-8-24(33(4)15-6-2)18-21(3)20-34-16-13-22(14-17-34)25-10-9-23(19-26(25)30)31-27-11-12-28(35)32-29(27)36/h9-10,18-19,22,27,31H,3,5-8,11-17,20H2,1-2,4H3,(H,32,35,36)/b24-18-. The maximum absolute atomic E-state index is 15.0. The minimum absolute atomic E-state index is 0.186. The van der Waals surface area contributed by atoms with Crippen LogP contribution >= 0.6 is 0 Å². The molecule has 2 N–H and O–H groups in total. The Kier molecular flexibility index (Phi) is 10.5. The molecular formula is C29H43FN4O2. The normalized spacial score (nSPS) is 19.8. The van der Waals surface area contributed by atoms with Crippen LogP contribution in [0.4, 0.5) is 10.1 Å². The summed E-state index contributed by atoms with van der Waals surface area (Å²) in [5.74, 6) is -0.663. The number of carbonyl (C=O) groups excluding carboxylic acids is 2. The van der Waals surface area contributed by atoms with E-state index < -0.39 is 6.04 Å². The Morgan fingerprint density at radius 3 is 2.61 bits per heavy atom. The zero-order valence-corrected chi connectivity index (χ0v) is 22.2. The number of halogens is 1. The second-order valence-electron chi connectivity index (χ2n) is 10.3. The van der Waals surface area contributed by atoms with Gasteiger partial charge >= 0.3 is 0 Å². The molecule has 198 valence electrons. The van der Waals surface area contributed by atoms with Gasteiger partial charge in [0.15, 0.2) is 0 Å². The number of amides is 2. The van der Waals surface area contributed by atoms with Crippen molar-refractivity contribution in [2.24, 2.45) is 0 Å². The molecule has 2 heterocycles. The fraction of sp³-hybridized carbons (Fsp3) is 0.586. The molecule has 1 unspecified atom stereocenters. The van der Waals surface area contributed by atoms with Crippen LogP contribution in [-0.4, -0.2) is 60.9 Å². The van der Waals surface area contributed by atoms with Crippen molar-refractivity contribution >= 4 is 17.5 Å². The van der Waals surface area contributed by atoms with Crippen LogP contribution in [0.3, 0.4) is 0 Å². The maximum Gasteiger partial charge on any atom is 0.249 e. The van der Waals surface area contributed by atoms with E-state index in [0.29, 0.717) is 18.5 Å². The summed E-state index contributed by atoms with van der Waals surface area (Å²) in [6, 6.07) is 4.64. The highest BCUT2D eigenvalue weighted by molar-refractivity contribution is 6.01. The first kappa shape index (κ1) is 27.9. The number of nitrogens with one attached hydrogen (secondary N) is 2. The van der Waals surface area contributed by atoms with E-state index in [2.05, 4.69) is 54.0 Å². The summed E-state index contributed by atoms with van der Waals surface area (Å²) in [6.45, 7) is 12.5. The summed E-state index contributed by atoms with van der Waals surface area (Å²) in [6.07, 6.45) is 9.38. The first-order chi connectivity index (χ1) is 17.3. The molecule has 0 saturated carbocycles. The van der Waals surface area contributed by atoms with Gasteiger partial charge in [-0.1, -0.05) is 32.9 Å². The Morgan fingerprint density at radius 1 is 1.22 bits per heavy atom.